The van der Waals surface area contributed by atoms with E-state index in [1.165, 1.54) is 7.11 Å². The van der Waals surface area contributed by atoms with Crippen molar-refractivity contribution in [3.8, 4) is 17.2 Å². The molecule has 0 aliphatic carbocycles. The molecule has 0 radical (unpaired) electrons. The maximum atomic E-state index is 13.1. The van der Waals surface area contributed by atoms with E-state index in [4.69, 9.17) is 14.2 Å². The molecule has 5 rings (SSSR count). The van der Waals surface area contributed by atoms with Crippen LogP contribution >= 0.6 is 0 Å². The van der Waals surface area contributed by atoms with E-state index in [0.29, 0.717) is 65.9 Å². The first-order chi connectivity index (χ1) is 19.8. The van der Waals surface area contributed by atoms with E-state index in [0.717, 1.165) is 42.4 Å². The molecular weight excluding hydrogens is 520 g/mol. The number of ether oxygens (including phenoxy) is 3. The SMILES string of the molecule is C=C1CC(C=Nc2cc(OCCCOc3cc4c(cc3C)C(=O)N3CC(=C)CC3C=N4)c(OC)cc2C=O)N(C)C1. The zero-order valence-electron chi connectivity index (χ0n) is 23.9. The van der Waals surface area contributed by atoms with Crippen LogP contribution in [0.1, 0.15) is 45.5 Å². The second-order valence-corrected chi connectivity index (χ2v) is 10.8. The highest BCUT2D eigenvalue weighted by molar-refractivity contribution is 6.03. The van der Waals surface area contributed by atoms with E-state index in [1.54, 1.807) is 12.1 Å². The number of rotatable bonds is 10. The molecule has 9 nitrogen and oxygen atoms in total. The Morgan fingerprint density at radius 3 is 2.51 bits per heavy atom. The number of fused-ring (bicyclic) bond motifs is 2. The molecule has 9 heteroatoms. The summed E-state index contributed by atoms with van der Waals surface area (Å²) in [6.45, 7) is 12.2. The Bertz CT molecular complexity index is 1450. The van der Waals surface area contributed by atoms with E-state index in [1.807, 2.05) is 43.4 Å². The Labute approximate surface area is 240 Å². The van der Waals surface area contributed by atoms with Gasteiger partial charge in [-0.25, -0.2) is 0 Å². The van der Waals surface area contributed by atoms with Crippen molar-refractivity contribution in [3.05, 3.63) is 65.3 Å². The first-order valence-electron chi connectivity index (χ1n) is 13.8. The number of hydrogen-bond acceptors (Lipinski definition) is 8. The zero-order chi connectivity index (χ0) is 29.1. The summed E-state index contributed by atoms with van der Waals surface area (Å²) in [5.41, 5.74) is 5.23. The number of benzene rings is 2. The lowest BCUT2D eigenvalue weighted by Gasteiger charge is -2.20. The number of amides is 1. The average Bonchev–Trinajstić information content (AvgIpc) is 3.46. The van der Waals surface area contributed by atoms with E-state index in [9.17, 15) is 9.59 Å². The number of carbonyl (C=O) groups excluding carboxylic acids is 2. The van der Waals surface area contributed by atoms with Crippen LogP contribution in [0.2, 0.25) is 0 Å². The van der Waals surface area contributed by atoms with Gasteiger partial charge in [0, 0.05) is 55.7 Å². The minimum Gasteiger partial charge on any atom is -0.493 e. The molecule has 0 N–H and O–H groups in total. The molecular formula is C32H36N4O5. The Kier molecular flexibility index (Phi) is 8.35. The van der Waals surface area contributed by atoms with Gasteiger partial charge in [-0.2, -0.15) is 0 Å². The van der Waals surface area contributed by atoms with Crippen molar-refractivity contribution in [1.29, 1.82) is 0 Å². The fraction of sp³-hybridized carbons (Fsp3) is 0.375. The van der Waals surface area contributed by atoms with Crippen molar-refractivity contribution in [1.82, 2.24) is 9.80 Å². The lowest BCUT2D eigenvalue weighted by atomic mass is 10.1. The van der Waals surface area contributed by atoms with Gasteiger partial charge in [-0.15, -0.1) is 0 Å². The number of nitrogens with zero attached hydrogens (tertiary/aromatic N) is 4. The third-order valence-corrected chi connectivity index (χ3v) is 7.63. The second-order valence-electron chi connectivity index (χ2n) is 10.8. The minimum absolute atomic E-state index is 0.0248. The molecule has 2 saturated heterocycles. The number of aryl methyl sites for hydroxylation is 1. The number of carbonyl (C=O) groups is 2. The molecule has 0 saturated carbocycles. The van der Waals surface area contributed by atoms with Crippen LogP contribution in [-0.2, 0) is 0 Å². The molecule has 214 valence electrons. The Hall–Kier alpha value is -4.24. The maximum absolute atomic E-state index is 13.1. The monoisotopic (exact) mass is 556 g/mol. The fourth-order valence-corrected chi connectivity index (χ4v) is 5.40. The average molecular weight is 557 g/mol. The molecule has 41 heavy (non-hydrogen) atoms. The summed E-state index contributed by atoms with van der Waals surface area (Å²) in [5.74, 6) is 1.63. The van der Waals surface area contributed by atoms with Gasteiger partial charge in [0.2, 0.25) is 0 Å². The highest BCUT2D eigenvalue weighted by atomic mass is 16.5. The topological polar surface area (TPSA) is 93.0 Å². The van der Waals surface area contributed by atoms with Crippen molar-refractivity contribution in [2.24, 2.45) is 9.98 Å². The van der Waals surface area contributed by atoms with Gasteiger partial charge in [-0.3, -0.25) is 24.5 Å². The lowest BCUT2D eigenvalue weighted by molar-refractivity contribution is 0.0777. The van der Waals surface area contributed by atoms with Gasteiger partial charge in [0.15, 0.2) is 17.8 Å². The van der Waals surface area contributed by atoms with E-state index >= 15 is 0 Å². The summed E-state index contributed by atoms with van der Waals surface area (Å²) in [5, 5.41) is 0. The maximum Gasteiger partial charge on any atom is 0.256 e. The molecule has 2 fully saturated rings. The first kappa shape index (κ1) is 28.3. The number of hydrogen-bond donors (Lipinski definition) is 0. The predicted molar refractivity (Wildman–Crippen MR) is 160 cm³/mol. The third kappa shape index (κ3) is 6.10. The van der Waals surface area contributed by atoms with Crippen LogP contribution in [0, 0.1) is 6.92 Å². The number of likely N-dealkylation sites (tertiary alicyclic amines) is 1. The summed E-state index contributed by atoms with van der Waals surface area (Å²) in [4.78, 5) is 38.0. The van der Waals surface area contributed by atoms with E-state index < -0.39 is 0 Å². The molecule has 2 unspecified atom stereocenters. The first-order valence-corrected chi connectivity index (χ1v) is 13.8. The summed E-state index contributed by atoms with van der Waals surface area (Å²) in [7, 11) is 3.57. The van der Waals surface area contributed by atoms with Crippen LogP contribution in [0.15, 0.2) is 58.6 Å². The van der Waals surface area contributed by atoms with Crippen LogP contribution in [0.5, 0.6) is 17.2 Å². The van der Waals surface area contributed by atoms with Gasteiger partial charge >= 0.3 is 0 Å². The van der Waals surface area contributed by atoms with Gasteiger partial charge in [-0.05, 0) is 44.5 Å². The summed E-state index contributed by atoms with van der Waals surface area (Å²) >= 11 is 0. The third-order valence-electron chi connectivity index (χ3n) is 7.63. The molecule has 1 amide bonds. The Morgan fingerprint density at radius 1 is 1.05 bits per heavy atom. The number of aldehydes is 1. The Morgan fingerprint density at radius 2 is 1.80 bits per heavy atom. The molecule has 2 atom stereocenters. The normalized spacial score (nSPS) is 20.4. The second kappa shape index (κ2) is 12.1. The quantitative estimate of drug-likeness (QED) is 0.175. The van der Waals surface area contributed by atoms with Gasteiger partial charge in [0.1, 0.15) is 5.75 Å². The minimum atomic E-state index is -0.0444. The van der Waals surface area contributed by atoms with Crippen molar-refractivity contribution in [2.45, 2.75) is 38.3 Å². The van der Waals surface area contributed by atoms with Crippen LogP contribution in [0.25, 0.3) is 0 Å². The molecule has 2 aromatic rings. The number of aliphatic imine (C=N–C) groups is 2. The molecule has 0 spiro atoms. The summed E-state index contributed by atoms with van der Waals surface area (Å²) in [6, 6.07) is 7.16. The van der Waals surface area contributed by atoms with Gasteiger partial charge in [0.05, 0.1) is 43.3 Å². The van der Waals surface area contributed by atoms with Crippen molar-refractivity contribution in [3.63, 3.8) is 0 Å². The fourth-order valence-electron chi connectivity index (χ4n) is 5.40. The smallest absolute Gasteiger partial charge is 0.256 e. The summed E-state index contributed by atoms with van der Waals surface area (Å²) in [6.07, 6.45) is 6.64. The lowest BCUT2D eigenvalue weighted by Crippen LogP contribution is -2.35. The molecule has 2 aromatic carbocycles. The van der Waals surface area contributed by atoms with Crippen molar-refractivity contribution < 1.29 is 23.8 Å². The Balaban J connectivity index is 1.21. The number of likely N-dealkylation sites (N-methyl/N-ethyl adjacent to an activating group) is 1. The van der Waals surface area contributed by atoms with Gasteiger partial charge < -0.3 is 19.1 Å². The van der Waals surface area contributed by atoms with Gasteiger partial charge in [-0.1, -0.05) is 24.3 Å². The molecule has 0 aromatic heterocycles. The van der Waals surface area contributed by atoms with Crippen LogP contribution < -0.4 is 14.2 Å². The standard InChI is InChI=1S/C32H36N4O5/c1-20-9-24(35(4)17-20)15-33-27-13-31(30(39-5)12-23(27)19-37)41-8-6-7-40-29-14-28-26(11-22(29)3)32(38)36-18-21(2)10-25(36)16-34-28/h11-16,19,24-25H,1-2,6-10,17-18H2,3-5H3. The molecule has 3 aliphatic heterocycles. The molecule has 0 bridgehead atoms. The van der Waals surface area contributed by atoms with E-state index in [2.05, 4.69) is 28.0 Å². The van der Waals surface area contributed by atoms with Crippen LogP contribution in [0.4, 0.5) is 11.4 Å². The molecule has 3 heterocycles. The van der Waals surface area contributed by atoms with Crippen molar-refractivity contribution >= 4 is 36.0 Å². The van der Waals surface area contributed by atoms with Crippen LogP contribution in [-0.4, -0.2) is 87.0 Å². The molecule has 3 aliphatic rings. The predicted octanol–water partition coefficient (Wildman–Crippen LogP) is 5.11. The van der Waals surface area contributed by atoms with Gasteiger partial charge in [0.25, 0.3) is 5.91 Å². The van der Waals surface area contributed by atoms with Crippen LogP contribution in [0.3, 0.4) is 0 Å². The van der Waals surface area contributed by atoms with Crippen molar-refractivity contribution in [2.75, 3.05) is 40.5 Å². The highest BCUT2D eigenvalue weighted by Gasteiger charge is 2.33. The van der Waals surface area contributed by atoms with E-state index in [-0.39, 0.29) is 18.0 Å². The number of methoxy groups -OCH3 is 1. The largest absolute Gasteiger partial charge is 0.493 e. The zero-order valence-corrected chi connectivity index (χ0v) is 23.9. The summed E-state index contributed by atoms with van der Waals surface area (Å²) < 4.78 is 17.5. The highest BCUT2D eigenvalue weighted by Crippen LogP contribution is 2.36.